The Kier molecular flexibility index (Phi) is 5.63. The number of hydrogen-bond donors (Lipinski definition) is 2. The third-order valence-electron chi connectivity index (χ3n) is 8.18. The topological polar surface area (TPSA) is 89.1 Å². The van der Waals surface area contributed by atoms with E-state index in [9.17, 15) is 19.1 Å². The molecule has 1 aromatic heterocycles. The second-order valence-corrected chi connectivity index (χ2v) is 10.5. The van der Waals surface area contributed by atoms with Gasteiger partial charge in [-0.3, -0.25) is 14.6 Å². The predicted octanol–water partition coefficient (Wildman–Crippen LogP) is 4.18. The maximum atomic E-state index is 14.6. The van der Waals surface area contributed by atoms with Crippen LogP contribution in [0.4, 0.5) is 9.18 Å². The van der Waals surface area contributed by atoms with Gasteiger partial charge in [0.1, 0.15) is 17.3 Å². The molecule has 194 valence electrons. The van der Waals surface area contributed by atoms with Crippen molar-refractivity contribution in [1.82, 2.24) is 19.7 Å². The van der Waals surface area contributed by atoms with E-state index in [0.717, 1.165) is 37.0 Å². The summed E-state index contributed by atoms with van der Waals surface area (Å²) >= 11 is 0. The van der Waals surface area contributed by atoms with E-state index in [1.807, 2.05) is 13.0 Å². The molecule has 6 rings (SSSR count). The standard InChI is InChI=1S/C28H31FN4O4/c1-28-16-20-19-14-23(37-2)21(29)15-22(19)30-24(20)25(17-7-5-8-18(34)13-17)33(28)27(36)32(26(28)35)12-6-11-31-9-3-4-10-31/h5,7-8,13-15,25,30,34H,3-4,6,9-12,16H2,1-2H3. The number of aromatic hydroxyl groups is 1. The number of halogens is 1. The number of carbonyl (C=O) groups is 2. The highest BCUT2D eigenvalue weighted by atomic mass is 19.1. The van der Waals surface area contributed by atoms with Crippen molar-refractivity contribution in [3.05, 3.63) is 59.0 Å². The summed E-state index contributed by atoms with van der Waals surface area (Å²) in [5.41, 5.74) is 1.68. The van der Waals surface area contributed by atoms with Crippen LogP contribution >= 0.6 is 0 Å². The summed E-state index contributed by atoms with van der Waals surface area (Å²) in [5.74, 6) is -0.535. The van der Waals surface area contributed by atoms with Crippen LogP contribution < -0.4 is 4.74 Å². The molecular formula is C28H31FN4O4. The Bertz CT molecular complexity index is 1400. The Labute approximate surface area is 214 Å². The maximum Gasteiger partial charge on any atom is 0.328 e. The van der Waals surface area contributed by atoms with E-state index >= 15 is 0 Å². The van der Waals surface area contributed by atoms with Crippen LogP contribution in [-0.4, -0.2) is 75.6 Å². The van der Waals surface area contributed by atoms with Crippen LogP contribution in [0.5, 0.6) is 11.5 Å². The number of aromatic amines is 1. The molecule has 0 aliphatic carbocycles. The molecule has 2 aromatic carbocycles. The van der Waals surface area contributed by atoms with Crippen molar-refractivity contribution >= 4 is 22.8 Å². The second kappa shape index (κ2) is 8.76. The van der Waals surface area contributed by atoms with E-state index in [1.165, 1.54) is 30.9 Å². The van der Waals surface area contributed by atoms with Crippen LogP contribution in [0.15, 0.2) is 36.4 Å². The van der Waals surface area contributed by atoms with Gasteiger partial charge >= 0.3 is 6.03 Å². The van der Waals surface area contributed by atoms with Gasteiger partial charge in [0, 0.05) is 35.6 Å². The zero-order valence-corrected chi connectivity index (χ0v) is 21.1. The van der Waals surface area contributed by atoms with E-state index in [1.54, 1.807) is 29.2 Å². The van der Waals surface area contributed by atoms with E-state index < -0.39 is 17.4 Å². The van der Waals surface area contributed by atoms with Crippen molar-refractivity contribution in [3.8, 4) is 11.5 Å². The number of ether oxygens (including phenoxy) is 1. The van der Waals surface area contributed by atoms with Gasteiger partial charge in [-0.15, -0.1) is 0 Å². The van der Waals surface area contributed by atoms with Crippen LogP contribution in [-0.2, 0) is 11.2 Å². The van der Waals surface area contributed by atoms with Crippen molar-refractivity contribution in [2.75, 3.05) is 33.3 Å². The number of phenolic OH excluding ortho intramolecular Hbond substituents is 1. The average molecular weight is 507 g/mol. The highest BCUT2D eigenvalue weighted by Crippen LogP contribution is 2.49. The van der Waals surface area contributed by atoms with Crippen molar-refractivity contribution in [2.45, 2.75) is 44.2 Å². The predicted molar refractivity (Wildman–Crippen MR) is 136 cm³/mol. The first kappa shape index (κ1) is 23.8. The Morgan fingerprint density at radius 3 is 2.68 bits per heavy atom. The molecule has 0 radical (unpaired) electrons. The summed E-state index contributed by atoms with van der Waals surface area (Å²) in [6.07, 6.45) is 3.40. The lowest BCUT2D eigenvalue weighted by Gasteiger charge is -2.42. The molecule has 0 spiro atoms. The molecule has 2 unspecified atom stereocenters. The lowest BCUT2D eigenvalue weighted by molar-refractivity contribution is -0.133. The first-order valence-corrected chi connectivity index (χ1v) is 12.9. The Morgan fingerprint density at radius 1 is 1.16 bits per heavy atom. The number of hydrogen-bond acceptors (Lipinski definition) is 5. The first-order valence-electron chi connectivity index (χ1n) is 12.9. The molecule has 0 bridgehead atoms. The molecule has 0 saturated carbocycles. The van der Waals surface area contributed by atoms with Gasteiger partial charge in [0.05, 0.1) is 7.11 Å². The van der Waals surface area contributed by atoms with E-state index in [-0.39, 0.29) is 23.4 Å². The number of fused-ring (bicyclic) bond motifs is 4. The summed E-state index contributed by atoms with van der Waals surface area (Å²) in [6.45, 7) is 5.17. The number of urea groups is 1. The summed E-state index contributed by atoms with van der Waals surface area (Å²) < 4.78 is 19.8. The van der Waals surface area contributed by atoms with Gasteiger partial charge in [-0.25, -0.2) is 9.18 Å². The Hall–Kier alpha value is -3.59. The first-order chi connectivity index (χ1) is 17.8. The molecule has 37 heavy (non-hydrogen) atoms. The largest absolute Gasteiger partial charge is 0.508 e. The SMILES string of the molecule is COc1cc2c3c([nH]c2cc1F)C(c1cccc(O)c1)N1C(=O)N(CCCN2CCCC2)C(=O)C1(C)C3. The minimum Gasteiger partial charge on any atom is -0.508 e. The Balaban J connectivity index is 1.44. The third-order valence-corrected chi connectivity index (χ3v) is 8.18. The number of aromatic nitrogens is 1. The number of rotatable bonds is 6. The molecule has 9 heteroatoms. The maximum absolute atomic E-state index is 14.6. The van der Waals surface area contributed by atoms with Gasteiger partial charge in [0.25, 0.3) is 5.91 Å². The molecule has 3 aliphatic heterocycles. The fourth-order valence-electron chi connectivity index (χ4n) is 6.37. The van der Waals surface area contributed by atoms with Crippen molar-refractivity contribution < 1.29 is 23.8 Å². The van der Waals surface area contributed by atoms with E-state index in [4.69, 9.17) is 4.74 Å². The number of imide groups is 1. The van der Waals surface area contributed by atoms with Gasteiger partial charge in [0.15, 0.2) is 11.6 Å². The van der Waals surface area contributed by atoms with Gasteiger partial charge < -0.3 is 19.7 Å². The number of nitrogens with zero attached hydrogens (tertiary/aromatic N) is 3. The number of benzene rings is 2. The quantitative estimate of drug-likeness (QED) is 0.490. The number of carbonyl (C=O) groups excluding carboxylic acids is 2. The van der Waals surface area contributed by atoms with E-state index in [2.05, 4.69) is 9.88 Å². The van der Waals surface area contributed by atoms with Crippen molar-refractivity contribution in [1.29, 1.82) is 0 Å². The number of amides is 3. The smallest absolute Gasteiger partial charge is 0.328 e. The zero-order valence-electron chi connectivity index (χ0n) is 21.1. The minimum atomic E-state index is -1.12. The van der Waals surface area contributed by atoms with E-state index in [0.29, 0.717) is 29.7 Å². The van der Waals surface area contributed by atoms with Crippen LogP contribution in [0.1, 0.15) is 49.0 Å². The monoisotopic (exact) mass is 506 g/mol. The summed E-state index contributed by atoms with van der Waals surface area (Å²) in [7, 11) is 1.42. The fraction of sp³-hybridized carbons (Fsp3) is 0.429. The van der Waals surface area contributed by atoms with Gasteiger partial charge in [-0.2, -0.15) is 0 Å². The molecule has 3 aliphatic rings. The van der Waals surface area contributed by atoms with Crippen LogP contribution in [0.2, 0.25) is 0 Å². The molecule has 3 aromatic rings. The molecule has 2 N–H and O–H groups in total. The number of phenols is 1. The highest BCUT2D eigenvalue weighted by molar-refractivity contribution is 6.08. The molecule has 8 nitrogen and oxygen atoms in total. The highest BCUT2D eigenvalue weighted by Gasteiger charge is 2.60. The van der Waals surface area contributed by atoms with Crippen LogP contribution in [0.25, 0.3) is 10.9 Å². The normalized spacial score (nSPS) is 23.7. The lowest BCUT2D eigenvalue weighted by Crippen LogP contribution is -2.53. The number of methoxy groups -OCH3 is 1. The van der Waals surface area contributed by atoms with Crippen LogP contribution in [0.3, 0.4) is 0 Å². The Morgan fingerprint density at radius 2 is 1.95 bits per heavy atom. The molecule has 3 amide bonds. The molecule has 2 fully saturated rings. The second-order valence-electron chi connectivity index (χ2n) is 10.5. The molecular weight excluding hydrogens is 475 g/mol. The number of nitrogens with one attached hydrogen (secondary N) is 1. The van der Waals surface area contributed by atoms with Crippen molar-refractivity contribution in [2.24, 2.45) is 0 Å². The van der Waals surface area contributed by atoms with Gasteiger partial charge in [-0.05, 0) is 75.1 Å². The summed E-state index contributed by atoms with van der Waals surface area (Å²) in [5, 5.41) is 11.0. The zero-order chi connectivity index (χ0) is 25.9. The van der Waals surface area contributed by atoms with Gasteiger partial charge in [0.2, 0.25) is 0 Å². The van der Waals surface area contributed by atoms with Crippen molar-refractivity contribution in [3.63, 3.8) is 0 Å². The number of likely N-dealkylation sites (tertiary alicyclic amines) is 1. The average Bonchev–Trinajstić information content (AvgIpc) is 3.55. The number of H-pyrrole nitrogens is 1. The fourth-order valence-corrected chi connectivity index (χ4v) is 6.37. The summed E-state index contributed by atoms with van der Waals surface area (Å²) in [4.78, 5) is 36.5. The molecule has 2 atom stereocenters. The van der Waals surface area contributed by atoms with Crippen LogP contribution in [0, 0.1) is 5.82 Å². The molecule has 4 heterocycles. The summed E-state index contributed by atoms with van der Waals surface area (Å²) in [6, 6.07) is 8.78. The van der Waals surface area contributed by atoms with Gasteiger partial charge in [-0.1, -0.05) is 12.1 Å². The third kappa shape index (κ3) is 3.67. The minimum absolute atomic E-state index is 0.0654. The lowest BCUT2D eigenvalue weighted by atomic mass is 9.81. The molecule has 2 saturated heterocycles.